The third-order valence-corrected chi connectivity index (χ3v) is 3.43. The summed E-state index contributed by atoms with van der Waals surface area (Å²) in [6.45, 7) is 10.4. The molecule has 2 atom stereocenters. The topological polar surface area (TPSA) is 26.3 Å². The quantitative estimate of drug-likeness (QED) is 0.654. The zero-order valence-corrected chi connectivity index (χ0v) is 10.7. The van der Waals surface area contributed by atoms with Gasteiger partial charge < -0.3 is 4.74 Å². The molecule has 15 heavy (non-hydrogen) atoms. The van der Waals surface area contributed by atoms with Crippen LogP contribution in [0.2, 0.25) is 0 Å². The number of rotatable bonds is 2. The fourth-order valence-electron chi connectivity index (χ4n) is 3.39. The first-order valence-corrected chi connectivity index (χ1v) is 5.98. The minimum Gasteiger partial charge on any atom is -0.459 e. The SMILES string of the molecule is CCC1(OC(C)=O)CC(C)CC(C)(C)C1. The van der Waals surface area contributed by atoms with Crippen molar-refractivity contribution in [2.24, 2.45) is 11.3 Å². The summed E-state index contributed by atoms with van der Waals surface area (Å²) in [6.07, 6.45) is 4.18. The summed E-state index contributed by atoms with van der Waals surface area (Å²) in [7, 11) is 0. The van der Waals surface area contributed by atoms with Crippen LogP contribution in [0.4, 0.5) is 0 Å². The third-order valence-electron chi connectivity index (χ3n) is 3.43. The van der Waals surface area contributed by atoms with Gasteiger partial charge in [0, 0.05) is 6.92 Å². The highest BCUT2D eigenvalue weighted by Gasteiger charge is 2.43. The van der Waals surface area contributed by atoms with Gasteiger partial charge in [0.05, 0.1) is 0 Å². The van der Waals surface area contributed by atoms with Crippen LogP contribution in [-0.4, -0.2) is 11.6 Å². The number of hydrogen-bond donors (Lipinski definition) is 0. The maximum atomic E-state index is 11.2. The monoisotopic (exact) mass is 212 g/mol. The Morgan fingerprint density at radius 3 is 2.40 bits per heavy atom. The van der Waals surface area contributed by atoms with Crippen molar-refractivity contribution in [2.45, 2.75) is 65.9 Å². The summed E-state index contributed by atoms with van der Waals surface area (Å²) in [5.74, 6) is 0.509. The van der Waals surface area contributed by atoms with Gasteiger partial charge in [-0.05, 0) is 37.0 Å². The molecule has 0 aromatic rings. The van der Waals surface area contributed by atoms with Crippen LogP contribution in [0.3, 0.4) is 0 Å². The van der Waals surface area contributed by atoms with Crippen molar-refractivity contribution in [1.82, 2.24) is 0 Å². The Hall–Kier alpha value is -0.530. The first-order valence-electron chi connectivity index (χ1n) is 5.98. The van der Waals surface area contributed by atoms with Gasteiger partial charge in [-0.25, -0.2) is 0 Å². The van der Waals surface area contributed by atoms with Crippen molar-refractivity contribution in [2.75, 3.05) is 0 Å². The van der Waals surface area contributed by atoms with Crippen molar-refractivity contribution in [1.29, 1.82) is 0 Å². The Kier molecular flexibility index (Phi) is 3.47. The van der Waals surface area contributed by atoms with Crippen LogP contribution >= 0.6 is 0 Å². The van der Waals surface area contributed by atoms with E-state index in [1.807, 2.05) is 0 Å². The number of hydrogen-bond acceptors (Lipinski definition) is 2. The van der Waals surface area contributed by atoms with Gasteiger partial charge in [-0.15, -0.1) is 0 Å². The summed E-state index contributed by atoms with van der Waals surface area (Å²) in [6, 6.07) is 0. The predicted molar refractivity (Wildman–Crippen MR) is 61.6 cm³/mol. The number of carbonyl (C=O) groups is 1. The molecule has 0 aliphatic heterocycles. The predicted octanol–water partition coefficient (Wildman–Crippen LogP) is 3.54. The second-order valence-electron chi connectivity index (χ2n) is 5.98. The van der Waals surface area contributed by atoms with Crippen LogP contribution in [0.1, 0.15) is 60.3 Å². The van der Waals surface area contributed by atoms with Crippen LogP contribution in [0.5, 0.6) is 0 Å². The van der Waals surface area contributed by atoms with E-state index in [1.165, 1.54) is 13.3 Å². The van der Waals surface area contributed by atoms with E-state index in [-0.39, 0.29) is 11.6 Å². The maximum absolute atomic E-state index is 11.2. The van der Waals surface area contributed by atoms with Crippen LogP contribution in [0, 0.1) is 11.3 Å². The van der Waals surface area contributed by atoms with Gasteiger partial charge in [0.1, 0.15) is 5.60 Å². The Labute approximate surface area is 93.4 Å². The molecule has 2 heteroatoms. The number of ether oxygens (including phenoxy) is 1. The molecule has 1 aliphatic rings. The van der Waals surface area contributed by atoms with E-state index < -0.39 is 0 Å². The standard InChI is InChI=1S/C13H24O2/c1-6-13(15-11(3)14)8-10(2)7-12(4,5)9-13/h10H,6-9H2,1-5H3. The zero-order chi connectivity index (χ0) is 11.7. The van der Waals surface area contributed by atoms with Gasteiger partial charge in [0.2, 0.25) is 0 Å². The highest BCUT2D eigenvalue weighted by atomic mass is 16.6. The largest absolute Gasteiger partial charge is 0.459 e. The average molecular weight is 212 g/mol. The molecule has 1 fully saturated rings. The molecule has 0 aromatic heterocycles. The van der Waals surface area contributed by atoms with Crippen molar-refractivity contribution in [3.05, 3.63) is 0 Å². The number of carbonyl (C=O) groups excluding carboxylic acids is 1. The second-order valence-corrected chi connectivity index (χ2v) is 5.98. The molecule has 88 valence electrons. The van der Waals surface area contributed by atoms with E-state index >= 15 is 0 Å². The summed E-state index contributed by atoms with van der Waals surface area (Å²) in [5.41, 5.74) is 0.0934. The van der Waals surface area contributed by atoms with Crippen LogP contribution in [-0.2, 0) is 9.53 Å². The average Bonchev–Trinajstić information content (AvgIpc) is 1.98. The third kappa shape index (κ3) is 3.22. The van der Waals surface area contributed by atoms with E-state index in [9.17, 15) is 4.79 Å². The lowest BCUT2D eigenvalue weighted by Crippen LogP contribution is -2.44. The molecule has 0 aromatic carbocycles. The summed E-state index contributed by atoms with van der Waals surface area (Å²) < 4.78 is 5.60. The molecular formula is C13H24O2. The van der Waals surface area contributed by atoms with Gasteiger partial charge in [-0.3, -0.25) is 4.79 Å². The van der Waals surface area contributed by atoms with E-state index in [2.05, 4.69) is 27.7 Å². The minimum absolute atomic E-state index is 0.137. The fourth-order valence-corrected chi connectivity index (χ4v) is 3.39. The van der Waals surface area contributed by atoms with Crippen molar-refractivity contribution in [3.63, 3.8) is 0 Å². The van der Waals surface area contributed by atoms with Gasteiger partial charge in [0.25, 0.3) is 0 Å². The Morgan fingerprint density at radius 1 is 1.40 bits per heavy atom. The second kappa shape index (κ2) is 4.15. The van der Waals surface area contributed by atoms with Crippen molar-refractivity contribution >= 4 is 5.97 Å². The van der Waals surface area contributed by atoms with Crippen LogP contribution < -0.4 is 0 Å². The molecule has 1 saturated carbocycles. The molecular weight excluding hydrogens is 188 g/mol. The lowest BCUT2D eigenvalue weighted by atomic mass is 9.65. The highest BCUT2D eigenvalue weighted by molar-refractivity contribution is 5.66. The van der Waals surface area contributed by atoms with Crippen molar-refractivity contribution < 1.29 is 9.53 Å². The molecule has 0 amide bonds. The van der Waals surface area contributed by atoms with E-state index in [1.54, 1.807) is 0 Å². The Bertz CT molecular complexity index is 245. The van der Waals surface area contributed by atoms with Gasteiger partial charge in [-0.1, -0.05) is 27.7 Å². The Morgan fingerprint density at radius 2 is 2.00 bits per heavy atom. The van der Waals surface area contributed by atoms with E-state index in [0.717, 1.165) is 19.3 Å². The van der Waals surface area contributed by atoms with E-state index in [0.29, 0.717) is 11.3 Å². The van der Waals surface area contributed by atoms with Gasteiger partial charge in [-0.2, -0.15) is 0 Å². The summed E-state index contributed by atoms with van der Waals surface area (Å²) in [5, 5.41) is 0. The number of esters is 1. The van der Waals surface area contributed by atoms with Crippen molar-refractivity contribution in [3.8, 4) is 0 Å². The highest BCUT2D eigenvalue weighted by Crippen LogP contribution is 2.47. The fraction of sp³-hybridized carbons (Fsp3) is 0.923. The molecule has 1 rings (SSSR count). The molecule has 0 radical (unpaired) electrons. The van der Waals surface area contributed by atoms with Gasteiger partial charge in [0.15, 0.2) is 0 Å². The normalized spacial score (nSPS) is 34.9. The Balaban J connectivity index is 2.83. The minimum atomic E-state index is -0.201. The first kappa shape index (κ1) is 12.5. The molecule has 0 saturated heterocycles. The summed E-state index contributed by atoms with van der Waals surface area (Å²) >= 11 is 0. The van der Waals surface area contributed by atoms with Crippen LogP contribution in [0.25, 0.3) is 0 Å². The molecule has 0 bridgehead atoms. The molecule has 2 unspecified atom stereocenters. The molecule has 0 heterocycles. The van der Waals surface area contributed by atoms with Gasteiger partial charge >= 0.3 is 5.97 Å². The molecule has 0 spiro atoms. The molecule has 0 N–H and O–H groups in total. The lowest BCUT2D eigenvalue weighted by molar-refractivity contribution is -0.168. The zero-order valence-electron chi connectivity index (χ0n) is 10.7. The summed E-state index contributed by atoms with van der Waals surface area (Å²) in [4.78, 5) is 11.2. The van der Waals surface area contributed by atoms with Crippen LogP contribution in [0.15, 0.2) is 0 Å². The molecule has 1 aliphatic carbocycles. The maximum Gasteiger partial charge on any atom is 0.303 e. The lowest BCUT2D eigenvalue weighted by Gasteiger charge is -2.46. The van der Waals surface area contributed by atoms with E-state index in [4.69, 9.17) is 4.74 Å². The smallest absolute Gasteiger partial charge is 0.303 e. The molecule has 2 nitrogen and oxygen atoms in total. The first-order chi connectivity index (χ1) is 6.79.